The van der Waals surface area contributed by atoms with Crippen molar-refractivity contribution in [3.8, 4) is 0 Å². The summed E-state index contributed by atoms with van der Waals surface area (Å²) >= 11 is 0. The molecule has 0 radical (unpaired) electrons. The highest BCUT2D eigenvalue weighted by Gasteiger charge is 2.27. The van der Waals surface area contributed by atoms with Crippen molar-refractivity contribution in [1.29, 1.82) is 0 Å². The van der Waals surface area contributed by atoms with E-state index in [2.05, 4.69) is 26.1 Å². The van der Waals surface area contributed by atoms with Crippen LogP contribution in [0.2, 0.25) is 0 Å². The molecule has 1 heterocycles. The van der Waals surface area contributed by atoms with Gasteiger partial charge in [-0.05, 0) is 5.92 Å². The topological polar surface area (TPSA) is 38.3 Å². The van der Waals surface area contributed by atoms with E-state index in [0.29, 0.717) is 18.4 Å². The van der Waals surface area contributed by atoms with Crippen molar-refractivity contribution in [1.82, 2.24) is 5.32 Å². The molecule has 1 saturated heterocycles. The number of hydrogen-bond acceptors (Lipinski definition) is 2. The SMILES string of the molecule is CC(C)C(C)C(=O)NC1COCC1C. The van der Waals surface area contributed by atoms with Crippen LogP contribution in [-0.4, -0.2) is 25.2 Å². The van der Waals surface area contributed by atoms with E-state index in [9.17, 15) is 4.79 Å². The molecule has 1 rings (SSSR count). The van der Waals surface area contributed by atoms with Gasteiger partial charge in [0.1, 0.15) is 0 Å². The normalized spacial score (nSPS) is 29.2. The van der Waals surface area contributed by atoms with Crippen LogP contribution in [0.3, 0.4) is 0 Å². The van der Waals surface area contributed by atoms with E-state index < -0.39 is 0 Å². The van der Waals surface area contributed by atoms with Crippen molar-refractivity contribution in [3.05, 3.63) is 0 Å². The van der Waals surface area contributed by atoms with E-state index in [4.69, 9.17) is 4.74 Å². The summed E-state index contributed by atoms with van der Waals surface area (Å²) in [4.78, 5) is 11.7. The summed E-state index contributed by atoms with van der Waals surface area (Å²) in [6.07, 6.45) is 0. The average Bonchev–Trinajstić information content (AvgIpc) is 2.50. The van der Waals surface area contributed by atoms with Crippen LogP contribution in [0.25, 0.3) is 0 Å². The Labute approximate surface area is 86.2 Å². The van der Waals surface area contributed by atoms with Crippen LogP contribution in [0.4, 0.5) is 0 Å². The van der Waals surface area contributed by atoms with Gasteiger partial charge in [0.2, 0.25) is 5.91 Å². The standard InChI is InChI=1S/C11H21NO2/c1-7(2)9(4)11(13)12-10-6-14-5-8(10)3/h7-10H,5-6H2,1-4H3,(H,12,13). The van der Waals surface area contributed by atoms with Gasteiger partial charge in [-0.3, -0.25) is 4.79 Å². The lowest BCUT2D eigenvalue weighted by Gasteiger charge is -2.20. The predicted octanol–water partition coefficient (Wildman–Crippen LogP) is 1.43. The number of carbonyl (C=O) groups excluding carboxylic acids is 1. The molecular weight excluding hydrogens is 178 g/mol. The van der Waals surface area contributed by atoms with Gasteiger partial charge in [0, 0.05) is 11.8 Å². The molecule has 3 unspecified atom stereocenters. The molecular formula is C11H21NO2. The molecule has 1 aliphatic heterocycles. The fourth-order valence-electron chi connectivity index (χ4n) is 1.46. The quantitative estimate of drug-likeness (QED) is 0.746. The van der Waals surface area contributed by atoms with E-state index in [1.165, 1.54) is 0 Å². The number of carbonyl (C=O) groups is 1. The zero-order valence-corrected chi connectivity index (χ0v) is 9.54. The second-order valence-electron chi connectivity index (χ2n) is 4.66. The van der Waals surface area contributed by atoms with E-state index in [-0.39, 0.29) is 17.9 Å². The highest BCUT2D eigenvalue weighted by Crippen LogP contribution is 2.15. The van der Waals surface area contributed by atoms with E-state index >= 15 is 0 Å². The van der Waals surface area contributed by atoms with Gasteiger partial charge in [-0.15, -0.1) is 0 Å². The highest BCUT2D eigenvalue weighted by atomic mass is 16.5. The lowest BCUT2D eigenvalue weighted by atomic mass is 9.96. The summed E-state index contributed by atoms with van der Waals surface area (Å²) in [5, 5.41) is 3.05. The molecule has 1 amide bonds. The van der Waals surface area contributed by atoms with Gasteiger partial charge in [0.05, 0.1) is 19.3 Å². The summed E-state index contributed by atoms with van der Waals surface area (Å²) in [6, 6.07) is 0.212. The first-order chi connectivity index (χ1) is 6.52. The largest absolute Gasteiger partial charge is 0.379 e. The Morgan fingerprint density at radius 3 is 2.43 bits per heavy atom. The molecule has 3 nitrogen and oxygen atoms in total. The van der Waals surface area contributed by atoms with Crippen LogP contribution in [0.1, 0.15) is 27.7 Å². The minimum atomic E-state index is 0.0859. The van der Waals surface area contributed by atoms with Crippen LogP contribution in [0.5, 0.6) is 0 Å². The van der Waals surface area contributed by atoms with Crippen molar-refractivity contribution in [2.45, 2.75) is 33.7 Å². The fourth-order valence-corrected chi connectivity index (χ4v) is 1.46. The molecule has 0 spiro atoms. The van der Waals surface area contributed by atoms with Gasteiger partial charge >= 0.3 is 0 Å². The minimum absolute atomic E-state index is 0.0859. The molecule has 0 bridgehead atoms. The molecule has 0 aliphatic carbocycles. The number of ether oxygens (including phenoxy) is 1. The first kappa shape index (κ1) is 11.5. The summed E-state index contributed by atoms with van der Waals surface area (Å²) < 4.78 is 5.30. The van der Waals surface area contributed by atoms with Crippen molar-refractivity contribution in [2.24, 2.45) is 17.8 Å². The lowest BCUT2D eigenvalue weighted by Crippen LogP contribution is -2.42. The Morgan fingerprint density at radius 2 is 2.00 bits per heavy atom. The Balaban J connectivity index is 2.40. The van der Waals surface area contributed by atoms with Crippen LogP contribution in [-0.2, 0) is 9.53 Å². The Morgan fingerprint density at radius 1 is 1.36 bits per heavy atom. The van der Waals surface area contributed by atoms with Gasteiger partial charge in [-0.2, -0.15) is 0 Å². The number of hydrogen-bond donors (Lipinski definition) is 1. The van der Waals surface area contributed by atoms with Gasteiger partial charge in [-0.25, -0.2) is 0 Å². The molecule has 3 atom stereocenters. The first-order valence-corrected chi connectivity index (χ1v) is 5.40. The molecule has 3 heteroatoms. The third-order valence-corrected chi connectivity index (χ3v) is 3.11. The summed E-state index contributed by atoms with van der Waals surface area (Å²) in [5.74, 6) is 1.08. The Kier molecular flexibility index (Phi) is 3.93. The van der Waals surface area contributed by atoms with Crippen molar-refractivity contribution < 1.29 is 9.53 Å². The summed E-state index contributed by atoms with van der Waals surface area (Å²) in [6.45, 7) is 9.65. The van der Waals surface area contributed by atoms with Crippen molar-refractivity contribution in [3.63, 3.8) is 0 Å². The zero-order chi connectivity index (χ0) is 10.7. The number of nitrogens with one attached hydrogen (secondary N) is 1. The van der Waals surface area contributed by atoms with Gasteiger partial charge < -0.3 is 10.1 Å². The molecule has 1 N–H and O–H groups in total. The van der Waals surface area contributed by atoms with E-state index in [1.807, 2.05) is 6.92 Å². The van der Waals surface area contributed by atoms with Crippen LogP contribution in [0, 0.1) is 17.8 Å². The molecule has 0 saturated carbocycles. The number of amides is 1. The van der Waals surface area contributed by atoms with E-state index in [1.54, 1.807) is 0 Å². The third-order valence-electron chi connectivity index (χ3n) is 3.11. The minimum Gasteiger partial charge on any atom is -0.379 e. The summed E-state index contributed by atoms with van der Waals surface area (Å²) in [5.41, 5.74) is 0. The third kappa shape index (κ3) is 2.71. The average molecular weight is 199 g/mol. The van der Waals surface area contributed by atoms with Gasteiger partial charge in [0.15, 0.2) is 0 Å². The maximum atomic E-state index is 11.7. The maximum Gasteiger partial charge on any atom is 0.223 e. The monoisotopic (exact) mass is 199 g/mol. The zero-order valence-electron chi connectivity index (χ0n) is 9.54. The molecule has 0 aromatic rings. The Hall–Kier alpha value is -0.570. The van der Waals surface area contributed by atoms with Gasteiger partial charge in [-0.1, -0.05) is 27.7 Å². The van der Waals surface area contributed by atoms with Crippen LogP contribution >= 0.6 is 0 Å². The summed E-state index contributed by atoms with van der Waals surface area (Å²) in [7, 11) is 0. The smallest absolute Gasteiger partial charge is 0.223 e. The fraction of sp³-hybridized carbons (Fsp3) is 0.909. The first-order valence-electron chi connectivity index (χ1n) is 5.40. The molecule has 0 aromatic carbocycles. The number of rotatable bonds is 3. The Bertz CT molecular complexity index is 203. The molecule has 1 fully saturated rings. The van der Waals surface area contributed by atoms with Crippen molar-refractivity contribution >= 4 is 5.91 Å². The van der Waals surface area contributed by atoms with Gasteiger partial charge in [0.25, 0.3) is 0 Å². The van der Waals surface area contributed by atoms with Crippen molar-refractivity contribution in [2.75, 3.05) is 13.2 Å². The maximum absolute atomic E-state index is 11.7. The second-order valence-corrected chi connectivity index (χ2v) is 4.66. The van der Waals surface area contributed by atoms with E-state index in [0.717, 1.165) is 6.61 Å². The molecule has 82 valence electrons. The molecule has 0 aromatic heterocycles. The lowest BCUT2D eigenvalue weighted by molar-refractivity contribution is -0.126. The van der Waals surface area contributed by atoms with Crippen LogP contribution < -0.4 is 5.32 Å². The molecule has 1 aliphatic rings. The molecule has 14 heavy (non-hydrogen) atoms. The highest BCUT2D eigenvalue weighted by molar-refractivity contribution is 5.78. The predicted molar refractivity (Wildman–Crippen MR) is 55.9 cm³/mol. The second kappa shape index (κ2) is 4.78. The van der Waals surface area contributed by atoms with Crippen LogP contribution in [0.15, 0.2) is 0 Å².